The Kier molecular flexibility index (Phi) is 4.86. The van der Waals surface area contributed by atoms with Gasteiger partial charge in [-0.15, -0.1) is 0 Å². The lowest BCUT2D eigenvalue weighted by Crippen LogP contribution is -2.52. The molecule has 2 atom stereocenters. The number of hydrogen-bond acceptors (Lipinski definition) is 4. The molecule has 9 heteroatoms. The van der Waals surface area contributed by atoms with Crippen LogP contribution in [0.5, 0.6) is 0 Å². The maximum atomic E-state index is 14.6. The van der Waals surface area contributed by atoms with Gasteiger partial charge in [-0.3, -0.25) is 24.5 Å². The van der Waals surface area contributed by atoms with Crippen LogP contribution in [0.1, 0.15) is 50.4 Å². The lowest BCUT2D eigenvalue weighted by molar-refractivity contribution is -0.144. The minimum atomic E-state index is -3.81. The predicted octanol–water partition coefficient (Wildman–Crippen LogP) is 3.39. The van der Waals surface area contributed by atoms with E-state index in [-0.39, 0.29) is 22.7 Å². The van der Waals surface area contributed by atoms with Crippen LogP contribution in [0.3, 0.4) is 0 Å². The number of nitrogens with one attached hydrogen (secondary N) is 1. The van der Waals surface area contributed by atoms with Crippen LogP contribution in [0.2, 0.25) is 5.02 Å². The summed E-state index contributed by atoms with van der Waals surface area (Å²) in [6.07, 6.45) is -5.01. The molecule has 2 aliphatic rings. The van der Waals surface area contributed by atoms with Crippen LogP contribution in [0.25, 0.3) is 0 Å². The zero-order valence-corrected chi connectivity index (χ0v) is 17.3. The maximum absolute atomic E-state index is 14.6. The number of fused-ring (bicyclic) bond motifs is 1. The van der Waals surface area contributed by atoms with Gasteiger partial charge in [-0.05, 0) is 42.1 Å². The van der Waals surface area contributed by atoms with Crippen molar-refractivity contribution in [1.82, 2.24) is 10.2 Å². The van der Waals surface area contributed by atoms with Gasteiger partial charge in [0.05, 0.1) is 0 Å². The summed E-state index contributed by atoms with van der Waals surface area (Å²) in [7, 11) is 0. The SMILES string of the molecule is [2H]C(CC(=O)C(F)(F)c1ccc(Cl)cc1)c1ccc2c(c1)CN(C1C(=O)NC(=O)CC1([2H])[2H])C2=O. The van der Waals surface area contributed by atoms with Gasteiger partial charge in [-0.2, -0.15) is 8.78 Å². The number of carbonyl (C=O) groups is 4. The zero-order valence-electron chi connectivity index (χ0n) is 19.5. The van der Waals surface area contributed by atoms with Gasteiger partial charge in [0.25, 0.3) is 5.91 Å². The Morgan fingerprint density at radius 3 is 2.62 bits per heavy atom. The average molecular weight is 464 g/mol. The largest absolute Gasteiger partial charge is 0.330 e. The lowest BCUT2D eigenvalue weighted by atomic mass is 9.97. The molecule has 1 N–H and O–H groups in total. The number of Topliss-reactive ketones (excluding diaryl/α,β-unsaturated/α-hetero) is 1. The van der Waals surface area contributed by atoms with E-state index in [1.807, 2.05) is 5.32 Å². The van der Waals surface area contributed by atoms with Gasteiger partial charge in [0.2, 0.25) is 17.6 Å². The van der Waals surface area contributed by atoms with Crippen LogP contribution >= 0.6 is 11.6 Å². The standard InChI is InChI=1S/C23H19ClF2N2O4/c24-16-5-3-15(4-6-16)23(25,26)19(29)9-2-13-1-7-17-14(11-13)12-28(22(17)32)18-8-10-20(30)27-21(18)31/h1,3-7,11,18H,2,8-10,12H2,(H,27,30,31)/i2D,8D2. The highest BCUT2D eigenvalue weighted by Crippen LogP contribution is 2.32. The first-order valence-corrected chi connectivity index (χ1v) is 10.1. The number of rotatable bonds is 6. The molecule has 1 saturated heterocycles. The van der Waals surface area contributed by atoms with E-state index in [1.165, 1.54) is 30.3 Å². The monoisotopic (exact) mass is 463 g/mol. The highest BCUT2D eigenvalue weighted by atomic mass is 35.5. The fourth-order valence-corrected chi connectivity index (χ4v) is 3.77. The predicted molar refractivity (Wildman–Crippen MR) is 111 cm³/mol. The Morgan fingerprint density at radius 2 is 1.94 bits per heavy atom. The molecule has 0 bridgehead atoms. The summed E-state index contributed by atoms with van der Waals surface area (Å²) < 4.78 is 53.6. The molecule has 1 fully saturated rings. The Morgan fingerprint density at radius 1 is 1.22 bits per heavy atom. The Balaban J connectivity index is 1.52. The summed E-state index contributed by atoms with van der Waals surface area (Å²) in [5.74, 6) is -7.60. The molecule has 2 aromatic rings. The molecule has 4 rings (SSSR count). The first-order valence-electron chi connectivity index (χ1n) is 11.3. The number of imide groups is 1. The number of piperidine rings is 1. The molecule has 0 radical (unpaired) electrons. The minimum Gasteiger partial charge on any atom is -0.322 e. The fourth-order valence-electron chi connectivity index (χ4n) is 3.64. The van der Waals surface area contributed by atoms with E-state index in [2.05, 4.69) is 0 Å². The van der Waals surface area contributed by atoms with Crippen LogP contribution in [0.4, 0.5) is 8.78 Å². The third-order valence-corrected chi connectivity index (χ3v) is 5.57. The summed E-state index contributed by atoms with van der Waals surface area (Å²) in [4.78, 5) is 50.1. The molecular formula is C23H19ClF2N2O4. The van der Waals surface area contributed by atoms with Crippen molar-refractivity contribution in [3.05, 3.63) is 69.7 Å². The van der Waals surface area contributed by atoms with Crippen molar-refractivity contribution in [2.75, 3.05) is 0 Å². The summed E-state index contributed by atoms with van der Waals surface area (Å²) >= 11 is 5.71. The average Bonchev–Trinajstić information content (AvgIpc) is 3.07. The van der Waals surface area contributed by atoms with Gasteiger partial charge in [0.15, 0.2) is 0 Å². The molecule has 0 aromatic heterocycles. The minimum absolute atomic E-state index is 0.166. The van der Waals surface area contributed by atoms with Gasteiger partial charge >= 0.3 is 5.92 Å². The molecule has 2 heterocycles. The van der Waals surface area contributed by atoms with Gasteiger partial charge in [-0.1, -0.05) is 35.9 Å². The van der Waals surface area contributed by atoms with E-state index in [0.717, 1.165) is 17.0 Å². The number of halogens is 3. The van der Waals surface area contributed by atoms with E-state index >= 15 is 0 Å². The van der Waals surface area contributed by atoms with E-state index in [1.54, 1.807) is 0 Å². The number of amides is 3. The second-order valence-corrected chi connectivity index (χ2v) is 7.89. The van der Waals surface area contributed by atoms with Crippen molar-refractivity contribution in [3.8, 4) is 0 Å². The van der Waals surface area contributed by atoms with E-state index in [9.17, 15) is 28.0 Å². The molecule has 166 valence electrons. The molecule has 0 spiro atoms. The highest BCUT2D eigenvalue weighted by Gasteiger charge is 2.41. The number of alkyl halides is 2. The first-order chi connectivity index (χ1) is 16.3. The van der Waals surface area contributed by atoms with Crippen molar-refractivity contribution in [2.24, 2.45) is 0 Å². The number of carbonyl (C=O) groups excluding carboxylic acids is 4. The second kappa shape index (κ2) is 8.43. The van der Waals surface area contributed by atoms with Gasteiger partial charge in [0.1, 0.15) is 6.04 Å². The van der Waals surface area contributed by atoms with Crippen molar-refractivity contribution >= 4 is 35.1 Å². The smallest absolute Gasteiger partial charge is 0.322 e. The van der Waals surface area contributed by atoms with Crippen molar-refractivity contribution in [1.29, 1.82) is 0 Å². The number of nitrogens with zero attached hydrogens (tertiary/aromatic N) is 1. The van der Waals surface area contributed by atoms with E-state index in [0.29, 0.717) is 5.56 Å². The maximum Gasteiger partial charge on any atom is 0.330 e. The molecule has 0 aliphatic carbocycles. The van der Waals surface area contributed by atoms with Crippen LogP contribution in [-0.4, -0.2) is 34.4 Å². The Bertz CT molecular complexity index is 1240. The van der Waals surface area contributed by atoms with Crippen LogP contribution in [-0.2, 0) is 33.2 Å². The quantitative estimate of drug-likeness (QED) is 0.665. The van der Waals surface area contributed by atoms with E-state index in [4.69, 9.17) is 15.7 Å². The zero-order chi connectivity index (χ0) is 25.7. The topological polar surface area (TPSA) is 83.6 Å². The third kappa shape index (κ3) is 4.14. The lowest BCUT2D eigenvalue weighted by Gasteiger charge is -2.29. The van der Waals surface area contributed by atoms with Gasteiger partial charge in [-0.25, -0.2) is 0 Å². The normalized spacial score (nSPS) is 22.5. The van der Waals surface area contributed by atoms with Gasteiger partial charge < -0.3 is 4.90 Å². The summed E-state index contributed by atoms with van der Waals surface area (Å²) in [6, 6.07) is 7.18. The van der Waals surface area contributed by atoms with Crippen molar-refractivity contribution in [2.45, 2.75) is 44.1 Å². The van der Waals surface area contributed by atoms with Crippen molar-refractivity contribution < 1.29 is 32.1 Å². The summed E-state index contributed by atoms with van der Waals surface area (Å²) in [5, 5.41) is 2.27. The number of aryl methyl sites for hydroxylation is 1. The molecule has 2 aliphatic heterocycles. The van der Waals surface area contributed by atoms with Gasteiger partial charge in [0, 0.05) is 39.6 Å². The molecule has 3 amide bonds. The fraction of sp³-hybridized carbons (Fsp3) is 0.304. The van der Waals surface area contributed by atoms with E-state index < -0.39 is 66.6 Å². The van der Waals surface area contributed by atoms with Crippen molar-refractivity contribution in [3.63, 3.8) is 0 Å². The van der Waals surface area contributed by atoms with Crippen LogP contribution < -0.4 is 5.32 Å². The Hall–Kier alpha value is -3.13. The molecular weight excluding hydrogens is 442 g/mol. The summed E-state index contributed by atoms with van der Waals surface area (Å²) in [5.41, 5.74) is 0.208. The molecule has 2 aromatic carbocycles. The number of benzene rings is 2. The van der Waals surface area contributed by atoms with Crippen LogP contribution in [0.15, 0.2) is 42.5 Å². The second-order valence-electron chi connectivity index (χ2n) is 7.46. The third-order valence-electron chi connectivity index (χ3n) is 5.32. The summed E-state index contributed by atoms with van der Waals surface area (Å²) in [6.45, 7) is -0.171. The molecule has 32 heavy (non-hydrogen) atoms. The number of hydrogen-bond donors (Lipinski definition) is 1. The molecule has 0 saturated carbocycles. The Labute approximate surface area is 191 Å². The first kappa shape index (κ1) is 18.4. The highest BCUT2D eigenvalue weighted by molar-refractivity contribution is 6.30. The van der Waals surface area contributed by atoms with Crippen LogP contribution in [0, 0.1) is 0 Å². The molecule has 2 unspecified atom stereocenters. The number of ketones is 1. The molecule has 6 nitrogen and oxygen atoms in total.